The summed E-state index contributed by atoms with van der Waals surface area (Å²) in [5.74, 6) is 1.30. The molecule has 3 aliphatic rings. The zero-order valence-corrected chi connectivity index (χ0v) is 17.5. The van der Waals surface area contributed by atoms with Crippen molar-refractivity contribution in [2.45, 2.75) is 76.1 Å². The van der Waals surface area contributed by atoms with E-state index in [0.717, 1.165) is 51.1 Å². The summed E-state index contributed by atoms with van der Waals surface area (Å²) in [5, 5.41) is 3.58. The number of amides is 1. The first kappa shape index (κ1) is 19.7. The molecule has 2 heterocycles. The lowest BCUT2D eigenvalue weighted by Gasteiger charge is -2.43. The van der Waals surface area contributed by atoms with Gasteiger partial charge in [-0.3, -0.25) is 9.69 Å². The summed E-state index contributed by atoms with van der Waals surface area (Å²) in [7, 11) is 2.00. The van der Waals surface area contributed by atoms with Gasteiger partial charge in [0.05, 0.1) is 6.54 Å². The van der Waals surface area contributed by atoms with Crippen LogP contribution in [0.5, 0.6) is 5.75 Å². The Bertz CT molecular complexity index is 684. The Morgan fingerprint density at radius 3 is 2.82 bits per heavy atom. The van der Waals surface area contributed by atoms with Crippen LogP contribution in [0.3, 0.4) is 0 Å². The van der Waals surface area contributed by atoms with Crippen LogP contribution < -0.4 is 10.1 Å². The molecule has 1 N–H and O–H groups in total. The molecule has 1 atom stereocenters. The molecule has 1 aromatic rings. The molecule has 1 spiro atoms. The number of fused-ring (bicyclic) bond motifs is 1. The predicted octanol–water partition coefficient (Wildman–Crippen LogP) is 3.18. The minimum atomic E-state index is -0.131. The van der Waals surface area contributed by atoms with Crippen LogP contribution in [0.2, 0.25) is 0 Å². The summed E-state index contributed by atoms with van der Waals surface area (Å²) >= 11 is 0. The largest absolute Gasteiger partial charge is 0.486 e. The number of likely N-dealkylation sites (N-methyl/N-ethyl adjacent to an activating group) is 1. The number of likely N-dealkylation sites (tertiary alicyclic amines) is 1. The van der Waals surface area contributed by atoms with E-state index in [-0.39, 0.29) is 11.5 Å². The lowest BCUT2D eigenvalue weighted by atomic mass is 9.81. The van der Waals surface area contributed by atoms with E-state index >= 15 is 0 Å². The fourth-order valence-corrected chi connectivity index (χ4v) is 5.12. The Kier molecular flexibility index (Phi) is 5.93. The molecule has 4 rings (SSSR count). The number of ether oxygens (including phenoxy) is 1. The van der Waals surface area contributed by atoms with Gasteiger partial charge in [-0.15, -0.1) is 0 Å². The number of benzene rings is 1. The first-order valence-electron chi connectivity index (χ1n) is 11.0. The quantitative estimate of drug-likeness (QED) is 0.868. The van der Waals surface area contributed by atoms with Gasteiger partial charge in [-0.25, -0.2) is 0 Å². The Balaban J connectivity index is 1.34. The van der Waals surface area contributed by atoms with Gasteiger partial charge in [0.15, 0.2) is 0 Å². The fourth-order valence-electron chi connectivity index (χ4n) is 5.12. The molecule has 1 amide bonds. The number of rotatable bonds is 3. The van der Waals surface area contributed by atoms with Gasteiger partial charge in [-0.05, 0) is 58.1 Å². The van der Waals surface area contributed by atoms with Crippen LogP contribution in [-0.4, -0.2) is 60.1 Å². The molecular weight excluding hydrogens is 350 g/mol. The number of carbonyl (C=O) groups is 1. The van der Waals surface area contributed by atoms with Crippen molar-refractivity contribution >= 4 is 5.91 Å². The molecule has 5 heteroatoms. The summed E-state index contributed by atoms with van der Waals surface area (Å²) in [5.41, 5.74) is 1.11. The molecule has 0 unspecified atom stereocenters. The fraction of sp³-hybridized carbons (Fsp3) is 0.696. The topological polar surface area (TPSA) is 44.8 Å². The standard InChI is InChI=1S/C23H35N3O2/c1-18-7-5-6-14-26(18)16-22(27)25(2)20-10-12-23(13-11-20)17-24-15-19-8-3-4-9-21(19)28-23/h3-4,8-9,18,20,24H,5-7,10-17H2,1-2H3/t18-,20?,23?/m0/s1. The average molecular weight is 386 g/mol. The number of hydrogen-bond donors (Lipinski definition) is 1. The average Bonchev–Trinajstić information content (AvgIpc) is 2.88. The van der Waals surface area contributed by atoms with Crippen LogP contribution >= 0.6 is 0 Å². The van der Waals surface area contributed by atoms with E-state index in [2.05, 4.69) is 41.4 Å². The molecule has 28 heavy (non-hydrogen) atoms. The van der Waals surface area contributed by atoms with Crippen molar-refractivity contribution in [2.75, 3.05) is 26.7 Å². The van der Waals surface area contributed by atoms with Crippen molar-refractivity contribution in [1.29, 1.82) is 0 Å². The van der Waals surface area contributed by atoms with E-state index in [4.69, 9.17) is 4.74 Å². The van der Waals surface area contributed by atoms with E-state index < -0.39 is 0 Å². The van der Waals surface area contributed by atoms with Crippen LogP contribution in [0, 0.1) is 0 Å². The molecule has 1 aliphatic carbocycles. The molecule has 0 radical (unpaired) electrons. The maximum absolute atomic E-state index is 12.9. The summed E-state index contributed by atoms with van der Waals surface area (Å²) in [6.45, 7) is 5.65. The van der Waals surface area contributed by atoms with Gasteiger partial charge < -0.3 is 15.0 Å². The maximum Gasteiger partial charge on any atom is 0.236 e. The van der Waals surface area contributed by atoms with Crippen LogP contribution in [0.15, 0.2) is 24.3 Å². The van der Waals surface area contributed by atoms with E-state index in [1.165, 1.54) is 24.8 Å². The minimum absolute atomic E-state index is 0.131. The monoisotopic (exact) mass is 385 g/mol. The predicted molar refractivity (Wildman–Crippen MR) is 111 cm³/mol. The van der Waals surface area contributed by atoms with Gasteiger partial charge in [-0.2, -0.15) is 0 Å². The molecule has 2 aliphatic heterocycles. The lowest BCUT2D eigenvalue weighted by Crippen LogP contribution is -2.52. The molecule has 2 fully saturated rings. The second-order valence-electron chi connectivity index (χ2n) is 9.05. The number of hydrogen-bond acceptors (Lipinski definition) is 4. The first-order valence-corrected chi connectivity index (χ1v) is 11.0. The van der Waals surface area contributed by atoms with E-state index in [0.29, 0.717) is 18.6 Å². The third kappa shape index (κ3) is 4.20. The lowest BCUT2D eigenvalue weighted by molar-refractivity contribution is -0.135. The van der Waals surface area contributed by atoms with Gasteiger partial charge in [0.1, 0.15) is 11.4 Å². The number of nitrogens with one attached hydrogen (secondary N) is 1. The van der Waals surface area contributed by atoms with Crippen molar-refractivity contribution in [1.82, 2.24) is 15.1 Å². The molecule has 0 bridgehead atoms. The Labute approximate surface area is 169 Å². The zero-order chi connectivity index (χ0) is 19.6. The third-order valence-electron chi connectivity index (χ3n) is 7.15. The Hall–Kier alpha value is -1.59. The third-order valence-corrected chi connectivity index (χ3v) is 7.15. The van der Waals surface area contributed by atoms with E-state index in [1.54, 1.807) is 0 Å². The van der Waals surface area contributed by atoms with Crippen molar-refractivity contribution in [3.8, 4) is 5.75 Å². The van der Waals surface area contributed by atoms with Crippen LogP contribution in [0.1, 0.15) is 57.4 Å². The Morgan fingerprint density at radius 1 is 1.25 bits per heavy atom. The highest BCUT2D eigenvalue weighted by atomic mass is 16.5. The summed E-state index contributed by atoms with van der Waals surface area (Å²) < 4.78 is 6.54. The number of carbonyl (C=O) groups excluding carboxylic acids is 1. The van der Waals surface area contributed by atoms with Gasteiger partial charge in [-0.1, -0.05) is 24.6 Å². The molecule has 1 aromatic carbocycles. The molecule has 0 aromatic heterocycles. The summed E-state index contributed by atoms with van der Waals surface area (Å²) in [6.07, 6.45) is 7.76. The Morgan fingerprint density at radius 2 is 2.04 bits per heavy atom. The van der Waals surface area contributed by atoms with Crippen LogP contribution in [0.25, 0.3) is 0 Å². The molecule has 1 saturated carbocycles. The van der Waals surface area contributed by atoms with Crippen molar-refractivity contribution < 1.29 is 9.53 Å². The summed E-state index contributed by atoms with van der Waals surface area (Å²) in [4.78, 5) is 17.3. The highest BCUT2D eigenvalue weighted by molar-refractivity contribution is 5.78. The van der Waals surface area contributed by atoms with Gasteiger partial charge in [0.25, 0.3) is 0 Å². The smallest absolute Gasteiger partial charge is 0.236 e. The van der Waals surface area contributed by atoms with E-state index in [1.807, 2.05) is 11.9 Å². The van der Waals surface area contributed by atoms with Crippen molar-refractivity contribution in [2.24, 2.45) is 0 Å². The molecule has 1 saturated heterocycles. The highest BCUT2D eigenvalue weighted by Crippen LogP contribution is 2.37. The van der Waals surface area contributed by atoms with Crippen LogP contribution in [0.4, 0.5) is 0 Å². The first-order chi connectivity index (χ1) is 13.6. The number of piperidine rings is 1. The molecule has 5 nitrogen and oxygen atoms in total. The van der Waals surface area contributed by atoms with E-state index in [9.17, 15) is 4.79 Å². The number of para-hydroxylation sites is 1. The normalized spacial score (nSPS) is 30.9. The molecular formula is C23H35N3O2. The van der Waals surface area contributed by atoms with Gasteiger partial charge >= 0.3 is 0 Å². The summed E-state index contributed by atoms with van der Waals surface area (Å²) in [6, 6.07) is 9.22. The van der Waals surface area contributed by atoms with Crippen molar-refractivity contribution in [3.63, 3.8) is 0 Å². The van der Waals surface area contributed by atoms with Crippen LogP contribution in [-0.2, 0) is 11.3 Å². The van der Waals surface area contributed by atoms with Gasteiger partial charge in [0, 0.05) is 37.8 Å². The SMILES string of the molecule is C[C@H]1CCCCN1CC(=O)N(C)C1CCC2(CC1)CNCc1ccccc1O2. The maximum atomic E-state index is 12.9. The highest BCUT2D eigenvalue weighted by Gasteiger charge is 2.40. The molecule has 154 valence electrons. The van der Waals surface area contributed by atoms with Crippen molar-refractivity contribution in [3.05, 3.63) is 29.8 Å². The number of nitrogens with zero attached hydrogens (tertiary/aromatic N) is 2. The second kappa shape index (κ2) is 8.42. The zero-order valence-electron chi connectivity index (χ0n) is 17.5. The second-order valence-corrected chi connectivity index (χ2v) is 9.05. The minimum Gasteiger partial charge on any atom is -0.486 e. The van der Waals surface area contributed by atoms with Gasteiger partial charge in [0.2, 0.25) is 5.91 Å².